The van der Waals surface area contributed by atoms with E-state index in [1.807, 2.05) is 45.0 Å². The molecule has 0 aromatic heterocycles. The molecule has 1 aromatic carbocycles. The second kappa shape index (κ2) is 10.3. The first-order valence-corrected chi connectivity index (χ1v) is 10.2. The molecule has 0 saturated carbocycles. The molecule has 1 aromatic rings. The maximum Gasteiger partial charge on any atom is 0.338 e. The number of rotatable bonds is 8. The van der Waals surface area contributed by atoms with Gasteiger partial charge in [-0.15, -0.1) is 0 Å². The number of nitrogens with zero attached hydrogens (tertiary/aromatic N) is 1. The second-order valence-electron chi connectivity index (χ2n) is 5.89. The highest BCUT2D eigenvalue weighted by Gasteiger charge is 2.32. The van der Waals surface area contributed by atoms with Crippen LogP contribution in [0.3, 0.4) is 0 Å². The van der Waals surface area contributed by atoms with Gasteiger partial charge in [0.1, 0.15) is 11.8 Å². The van der Waals surface area contributed by atoms with E-state index in [0.717, 1.165) is 40.8 Å². The van der Waals surface area contributed by atoms with Gasteiger partial charge in [-0.2, -0.15) is 0 Å². The number of thioether (sulfide) groups is 1. The Morgan fingerprint density at radius 3 is 2.69 bits per heavy atom. The van der Waals surface area contributed by atoms with Crippen LogP contribution in [0.4, 0.5) is 0 Å². The average Bonchev–Trinajstić information content (AvgIpc) is 2.62. The van der Waals surface area contributed by atoms with Crippen molar-refractivity contribution in [1.29, 1.82) is 0 Å². The first kappa shape index (κ1) is 20.4. The molecule has 1 heterocycles. The number of carbonyl (C=O) groups excluding carboxylic acids is 1. The van der Waals surface area contributed by atoms with Crippen LogP contribution in [0.25, 0.3) is 0 Å². The van der Waals surface area contributed by atoms with Crippen molar-refractivity contribution in [3.8, 4) is 5.75 Å². The average molecular weight is 377 g/mol. The van der Waals surface area contributed by atoms with E-state index < -0.39 is 6.04 Å². The van der Waals surface area contributed by atoms with Crippen molar-refractivity contribution < 1.29 is 14.3 Å². The molecule has 6 heteroatoms. The Hall–Kier alpha value is -1.95. The topological polar surface area (TPSA) is 59.9 Å². The van der Waals surface area contributed by atoms with Gasteiger partial charge in [0, 0.05) is 17.0 Å². The van der Waals surface area contributed by atoms with Crippen LogP contribution in [0.1, 0.15) is 52.1 Å². The van der Waals surface area contributed by atoms with E-state index in [1.54, 1.807) is 11.8 Å². The molecule has 0 amide bonds. The van der Waals surface area contributed by atoms with Crippen LogP contribution in [0.2, 0.25) is 0 Å². The van der Waals surface area contributed by atoms with Crippen molar-refractivity contribution in [1.82, 2.24) is 5.32 Å². The lowest BCUT2D eigenvalue weighted by molar-refractivity contribution is -0.138. The van der Waals surface area contributed by atoms with Crippen LogP contribution < -0.4 is 10.1 Å². The molecule has 5 nitrogen and oxygen atoms in total. The summed E-state index contributed by atoms with van der Waals surface area (Å²) in [6.45, 7) is 8.71. The number of nitrogens with one attached hydrogen (secondary N) is 1. The van der Waals surface area contributed by atoms with Crippen LogP contribution in [0, 0.1) is 0 Å². The van der Waals surface area contributed by atoms with E-state index in [0.29, 0.717) is 18.8 Å². The Morgan fingerprint density at radius 1 is 1.23 bits per heavy atom. The van der Waals surface area contributed by atoms with Crippen LogP contribution in [-0.4, -0.2) is 30.1 Å². The van der Waals surface area contributed by atoms with Crippen molar-refractivity contribution in [2.75, 3.05) is 19.0 Å². The highest BCUT2D eigenvalue weighted by molar-refractivity contribution is 8.13. The molecular weight excluding hydrogens is 348 g/mol. The van der Waals surface area contributed by atoms with Crippen molar-refractivity contribution in [2.45, 2.75) is 46.6 Å². The van der Waals surface area contributed by atoms with Gasteiger partial charge < -0.3 is 14.8 Å². The quantitative estimate of drug-likeness (QED) is 0.536. The first-order valence-electron chi connectivity index (χ1n) is 9.19. The number of hydrogen-bond donors (Lipinski definition) is 1. The van der Waals surface area contributed by atoms with Crippen molar-refractivity contribution in [3.05, 3.63) is 41.1 Å². The number of esters is 1. The molecule has 1 aliphatic rings. The summed E-state index contributed by atoms with van der Waals surface area (Å²) in [7, 11) is 0. The summed E-state index contributed by atoms with van der Waals surface area (Å²) < 4.78 is 11.1. The zero-order valence-electron chi connectivity index (χ0n) is 16.0. The summed E-state index contributed by atoms with van der Waals surface area (Å²) in [5.74, 6) is 1.40. The zero-order valence-corrected chi connectivity index (χ0v) is 16.8. The van der Waals surface area contributed by atoms with Gasteiger partial charge in [0.25, 0.3) is 0 Å². The summed E-state index contributed by atoms with van der Waals surface area (Å²) in [6, 6.07) is 7.32. The largest absolute Gasteiger partial charge is 0.494 e. The predicted octanol–water partition coefficient (Wildman–Crippen LogP) is 4.46. The molecule has 0 saturated heterocycles. The SMILES string of the molecule is CCCCSC1=N[C@H](c2ccccc2OCC)C(C(=O)OCC)=C(C)N1. The molecule has 0 unspecified atom stereocenters. The maximum atomic E-state index is 12.6. The van der Waals surface area contributed by atoms with Crippen LogP contribution in [0.15, 0.2) is 40.5 Å². The summed E-state index contributed by atoms with van der Waals surface area (Å²) in [5, 5.41) is 4.10. The van der Waals surface area contributed by atoms with E-state index in [2.05, 4.69) is 12.2 Å². The predicted molar refractivity (Wildman–Crippen MR) is 108 cm³/mol. The number of unbranched alkanes of at least 4 members (excludes halogenated alkanes) is 1. The molecule has 1 N–H and O–H groups in total. The monoisotopic (exact) mass is 376 g/mol. The summed E-state index contributed by atoms with van der Waals surface area (Å²) in [5.41, 5.74) is 2.21. The minimum absolute atomic E-state index is 0.331. The number of ether oxygens (including phenoxy) is 2. The Balaban J connectivity index is 2.42. The lowest BCUT2D eigenvalue weighted by Crippen LogP contribution is -2.31. The van der Waals surface area contributed by atoms with Gasteiger partial charge in [-0.25, -0.2) is 9.79 Å². The molecule has 2 rings (SSSR count). The fraction of sp³-hybridized carbons (Fsp3) is 0.500. The number of amidine groups is 1. The summed E-state index contributed by atoms with van der Waals surface area (Å²) in [6.07, 6.45) is 2.26. The first-order chi connectivity index (χ1) is 12.6. The standard InChI is InChI=1S/C20H28N2O3S/c1-5-8-13-26-20-21-14(4)17(19(23)25-7-3)18(22-20)15-11-9-10-12-16(15)24-6-2/h9-12,18H,5-8,13H2,1-4H3,(H,21,22)/t18-/m1/s1. The number of carbonyl (C=O) groups is 1. The fourth-order valence-corrected chi connectivity index (χ4v) is 3.76. The molecule has 142 valence electrons. The Morgan fingerprint density at radius 2 is 2.00 bits per heavy atom. The number of hydrogen-bond acceptors (Lipinski definition) is 6. The van der Waals surface area contributed by atoms with Crippen LogP contribution in [-0.2, 0) is 9.53 Å². The smallest absolute Gasteiger partial charge is 0.338 e. The van der Waals surface area contributed by atoms with Crippen LogP contribution >= 0.6 is 11.8 Å². The third-order valence-electron chi connectivity index (χ3n) is 3.96. The number of para-hydroxylation sites is 1. The molecule has 0 aliphatic carbocycles. The Kier molecular flexibility index (Phi) is 8.04. The highest BCUT2D eigenvalue weighted by atomic mass is 32.2. The molecule has 0 spiro atoms. The molecule has 0 fully saturated rings. The van der Waals surface area contributed by atoms with Gasteiger partial charge in [-0.05, 0) is 33.3 Å². The van der Waals surface area contributed by atoms with Gasteiger partial charge >= 0.3 is 5.97 Å². The highest BCUT2D eigenvalue weighted by Crippen LogP contribution is 2.37. The van der Waals surface area contributed by atoms with E-state index in [1.165, 1.54) is 0 Å². The van der Waals surface area contributed by atoms with Gasteiger partial charge in [0.05, 0.1) is 18.8 Å². The molecule has 1 aliphatic heterocycles. The van der Waals surface area contributed by atoms with Crippen molar-refractivity contribution in [3.63, 3.8) is 0 Å². The minimum atomic E-state index is -0.429. The molecule has 26 heavy (non-hydrogen) atoms. The number of allylic oxidation sites excluding steroid dienone is 1. The van der Waals surface area contributed by atoms with Gasteiger partial charge in [0.2, 0.25) is 0 Å². The lowest BCUT2D eigenvalue weighted by atomic mass is 9.96. The Bertz CT molecular complexity index is 685. The van der Waals surface area contributed by atoms with E-state index >= 15 is 0 Å². The minimum Gasteiger partial charge on any atom is -0.494 e. The van der Waals surface area contributed by atoms with Crippen molar-refractivity contribution in [2.24, 2.45) is 4.99 Å². The van der Waals surface area contributed by atoms with Gasteiger partial charge in [0.15, 0.2) is 5.17 Å². The van der Waals surface area contributed by atoms with Gasteiger partial charge in [-0.3, -0.25) is 0 Å². The maximum absolute atomic E-state index is 12.6. The lowest BCUT2D eigenvalue weighted by Gasteiger charge is -2.26. The number of benzene rings is 1. The zero-order chi connectivity index (χ0) is 18.9. The normalized spacial score (nSPS) is 16.8. The number of aliphatic imine (C=N–C) groups is 1. The summed E-state index contributed by atoms with van der Waals surface area (Å²) in [4.78, 5) is 17.4. The Labute approximate surface area is 160 Å². The fourth-order valence-electron chi connectivity index (χ4n) is 2.73. The molecular formula is C20H28N2O3S. The van der Waals surface area contributed by atoms with Crippen molar-refractivity contribution >= 4 is 22.9 Å². The third-order valence-corrected chi connectivity index (χ3v) is 4.94. The second-order valence-corrected chi connectivity index (χ2v) is 6.98. The third kappa shape index (κ3) is 5.04. The molecule has 0 bridgehead atoms. The van der Waals surface area contributed by atoms with Crippen LogP contribution in [0.5, 0.6) is 5.75 Å². The van der Waals surface area contributed by atoms with Gasteiger partial charge in [-0.1, -0.05) is 43.3 Å². The van der Waals surface area contributed by atoms with E-state index in [-0.39, 0.29) is 5.97 Å². The van der Waals surface area contributed by atoms with E-state index in [9.17, 15) is 4.79 Å². The summed E-state index contributed by atoms with van der Waals surface area (Å²) >= 11 is 1.68. The van der Waals surface area contributed by atoms with E-state index in [4.69, 9.17) is 14.5 Å². The molecule has 1 atom stereocenters. The molecule has 0 radical (unpaired) electrons.